The highest BCUT2D eigenvalue weighted by atomic mass is 19.1. The predicted molar refractivity (Wildman–Crippen MR) is 51.1 cm³/mol. The van der Waals surface area contributed by atoms with Crippen molar-refractivity contribution in [2.75, 3.05) is 0 Å². The average Bonchev–Trinajstić information content (AvgIpc) is 2.45. The molecule has 0 aliphatic carbocycles. The molecule has 5 heteroatoms. The molecule has 0 saturated carbocycles. The summed E-state index contributed by atoms with van der Waals surface area (Å²) in [4.78, 5) is 4.06. The number of benzene rings is 1. The van der Waals surface area contributed by atoms with E-state index >= 15 is 0 Å². The second kappa shape index (κ2) is 3.42. The van der Waals surface area contributed by atoms with Gasteiger partial charge in [-0.2, -0.15) is 5.10 Å². The van der Waals surface area contributed by atoms with Crippen molar-refractivity contribution >= 4 is 0 Å². The van der Waals surface area contributed by atoms with E-state index in [1.165, 1.54) is 16.8 Å². The van der Waals surface area contributed by atoms with Crippen molar-refractivity contribution in [2.24, 2.45) is 7.05 Å². The van der Waals surface area contributed by atoms with Gasteiger partial charge in [-0.25, -0.2) is 18.4 Å². The fraction of sp³-hybridized carbons (Fsp3) is 0.200. The molecule has 2 aromatic rings. The second-order valence-electron chi connectivity index (χ2n) is 3.23. The fourth-order valence-electron chi connectivity index (χ4n) is 1.42. The average molecular weight is 209 g/mol. The van der Waals surface area contributed by atoms with Crippen LogP contribution in [0.1, 0.15) is 5.82 Å². The first-order valence-corrected chi connectivity index (χ1v) is 4.41. The standard InChI is InChI=1S/C10H9F2N3/c1-6-13-10(15(2)14-6)8-4-3-7(11)5-9(8)12/h3-5H,1-2H3. The monoisotopic (exact) mass is 209 g/mol. The number of halogens is 2. The van der Waals surface area contributed by atoms with E-state index in [0.717, 1.165) is 6.07 Å². The molecule has 0 fully saturated rings. The molecule has 0 aliphatic rings. The van der Waals surface area contributed by atoms with E-state index in [9.17, 15) is 8.78 Å². The smallest absolute Gasteiger partial charge is 0.161 e. The summed E-state index contributed by atoms with van der Waals surface area (Å²) in [5, 5.41) is 4.00. The Balaban J connectivity index is 2.59. The van der Waals surface area contributed by atoms with Gasteiger partial charge in [-0.15, -0.1) is 0 Å². The van der Waals surface area contributed by atoms with Gasteiger partial charge >= 0.3 is 0 Å². The van der Waals surface area contributed by atoms with Crippen molar-refractivity contribution in [3.05, 3.63) is 35.7 Å². The molecule has 1 heterocycles. The Morgan fingerprint density at radius 1 is 1.27 bits per heavy atom. The minimum atomic E-state index is -0.634. The molecular formula is C10H9F2N3. The van der Waals surface area contributed by atoms with Gasteiger partial charge in [0.2, 0.25) is 0 Å². The maximum absolute atomic E-state index is 13.4. The summed E-state index contributed by atoms with van der Waals surface area (Å²) in [6, 6.07) is 3.38. The lowest BCUT2D eigenvalue weighted by atomic mass is 10.2. The van der Waals surface area contributed by atoms with Gasteiger partial charge in [-0.3, -0.25) is 0 Å². The Labute approximate surface area is 85.4 Å². The van der Waals surface area contributed by atoms with Crippen molar-refractivity contribution in [1.29, 1.82) is 0 Å². The Bertz CT molecular complexity index is 505. The summed E-state index contributed by atoms with van der Waals surface area (Å²) in [6.07, 6.45) is 0. The van der Waals surface area contributed by atoms with Gasteiger partial charge < -0.3 is 0 Å². The van der Waals surface area contributed by atoms with Crippen LogP contribution in [0.15, 0.2) is 18.2 Å². The molecule has 2 rings (SSSR count). The Kier molecular flexibility index (Phi) is 2.22. The van der Waals surface area contributed by atoms with Gasteiger partial charge in [0.1, 0.15) is 17.5 Å². The molecule has 1 aromatic carbocycles. The van der Waals surface area contributed by atoms with Crippen LogP contribution >= 0.6 is 0 Å². The van der Waals surface area contributed by atoms with E-state index in [4.69, 9.17) is 0 Å². The van der Waals surface area contributed by atoms with E-state index < -0.39 is 11.6 Å². The Morgan fingerprint density at radius 2 is 2.00 bits per heavy atom. The summed E-state index contributed by atoms with van der Waals surface area (Å²) >= 11 is 0. The lowest BCUT2D eigenvalue weighted by Gasteiger charge is -2.01. The summed E-state index contributed by atoms with van der Waals surface area (Å²) < 4.78 is 27.6. The second-order valence-corrected chi connectivity index (χ2v) is 3.23. The lowest BCUT2D eigenvalue weighted by Crippen LogP contribution is -1.97. The minimum Gasteiger partial charge on any atom is -0.249 e. The Morgan fingerprint density at radius 3 is 2.53 bits per heavy atom. The number of rotatable bonds is 1. The molecule has 3 nitrogen and oxygen atoms in total. The number of aromatic nitrogens is 3. The zero-order valence-electron chi connectivity index (χ0n) is 8.33. The zero-order valence-corrected chi connectivity index (χ0v) is 8.33. The van der Waals surface area contributed by atoms with Crippen molar-refractivity contribution in [3.8, 4) is 11.4 Å². The fourth-order valence-corrected chi connectivity index (χ4v) is 1.42. The highest BCUT2D eigenvalue weighted by Gasteiger charge is 2.12. The summed E-state index contributed by atoms with van der Waals surface area (Å²) in [5.41, 5.74) is 0.250. The first kappa shape index (κ1) is 9.76. The van der Waals surface area contributed by atoms with Gasteiger partial charge in [-0.1, -0.05) is 0 Å². The van der Waals surface area contributed by atoms with Gasteiger partial charge in [0, 0.05) is 13.1 Å². The van der Waals surface area contributed by atoms with Crippen molar-refractivity contribution in [1.82, 2.24) is 14.8 Å². The molecule has 0 atom stereocenters. The number of nitrogens with zero attached hydrogens (tertiary/aromatic N) is 3. The third kappa shape index (κ3) is 1.72. The summed E-state index contributed by atoms with van der Waals surface area (Å²) in [6.45, 7) is 1.71. The molecule has 0 spiro atoms. The molecule has 1 aromatic heterocycles. The first-order valence-electron chi connectivity index (χ1n) is 4.41. The van der Waals surface area contributed by atoms with Crippen molar-refractivity contribution in [2.45, 2.75) is 6.92 Å². The first-order chi connectivity index (χ1) is 7.08. The molecule has 0 N–H and O–H groups in total. The van der Waals surface area contributed by atoms with Crippen LogP contribution in [-0.2, 0) is 7.05 Å². The maximum Gasteiger partial charge on any atom is 0.161 e. The van der Waals surface area contributed by atoms with E-state index in [0.29, 0.717) is 11.6 Å². The molecule has 0 amide bonds. The largest absolute Gasteiger partial charge is 0.249 e. The molecule has 78 valence electrons. The van der Waals surface area contributed by atoms with Gasteiger partial charge in [0.15, 0.2) is 5.82 Å². The summed E-state index contributed by atoms with van der Waals surface area (Å²) in [7, 11) is 1.66. The van der Waals surface area contributed by atoms with Crippen LogP contribution in [0.2, 0.25) is 0 Å². The van der Waals surface area contributed by atoms with Crippen LogP contribution in [-0.4, -0.2) is 14.8 Å². The highest BCUT2D eigenvalue weighted by Crippen LogP contribution is 2.20. The molecule has 0 unspecified atom stereocenters. The van der Waals surface area contributed by atoms with Crippen LogP contribution in [0.3, 0.4) is 0 Å². The summed E-state index contributed by atoms with van der Waals surface area (Å²) in [5.74, 6) is -0.290. The Hall–Kier alpha value is -1.78. The predicted octanol–water partition coefficient (Wildman–Crippen LogP) is 2.07. The van der Waals surface area contributed by atoms with Gasteiger partial charge in [0.25, 0.3) is 0 Å². The zero-order chi connectivity index (χ0) is 11.0. The van der Waals surface area contributed by atoms with Crippen LogP contribution in [0, 0.1) is 18.6 Å². The number of aryl methyl sites for hydroxylation is 2. The third-order valence-electron chi connectivity index (χ3n) is 2.04. The molecule has 0 bridgehead atoms. The van der Waals surface area contributed by atoms with Crippen molar-refractivity contribution in [3.63, 3.8) is 0 Å². The SMILES string of the molecule is Cc1nc(-c2ccc(F)cc2F)n(C)n1. The maximum atomic E-state index is 13.4. The van der Waals surface area contributed by atoms with Crippen molar-refractivity contribution < 1.29 is 8.78 Å². The molecule has 0 radical (unpaired) electrons. The van der Waals surface area contributed by atoms with Crippen LogP contribution in [0.5, 0.6) is 0 Å². The molecular weight excluding hydrogens is 200 g/mol. The quantitative estimate of drug-likeness (QED) is 0.719. The number of hydrogen-bond donors (Lipinski definition) is 0. The molecule has 15 heavy (non-hydrogen) atoms. The number of hydrogen-bond acceptors (Lipinski definition) is 2. The normalized spacial score (nSPS) is 10.7. The van der Waals surface area contributed by atoms with Crippen LogP contribution < -0.4 is 0 Å². The highest BCUT2D eigenvalue weighted by molar-refractivity contribution is 5.55. The van der Waals surface area contributed by atoms with E-state index in [2.05, 4.69) is 10.1 Å². The van der Waals surface area contributed by atoms with Crippen LogP contribution in [0.4, 0.5) is 8.78 Å². The van der Waals surface area contributed by atoms with E-state index in [1.807, 2.05) is 0 Å². The minimum absolute atomic E-state index is 0.250. The molecule has 0 aliphatic heterocycles. The van der Waals surface area contributed by atoms with E-state index in [1.54, 1.807) is 14.0 Å². The van der Waals surface area contributed by atoms with Gasteiger partial charge in [-0.05, 0) is 19.1 Å². The third-order valence-corrected chi connectivity index (χ3v) is 2.04. The topological polar surface area (TPSA) is 30.7 Å². The van der Waals surface area contributed by atoms with Crippen LogP contribution in [0.25, 0.3) is 11.4 Å². The molecule has 0 saturated heterocycles. The lowest BCUT2D eigenvalue weighted by molar-refractivity contribution is 0.583. The van der Waals surface area contributed by atoms with E-state index in [-0.39, 0.29) is 5.56 Å². The van der Waals surface area contributed by atoms with Gasteiger partial charge in [0.05, 0.1) is 5.56 Å².